The quantitative estimate of drug-likeness (QED) is 0.863. The lowest BCUT2D eigenvalue weighted by molar-refractivity contribution is -0.132. The van der Waals surface area contributed by atoms with Crippen LogP contribution in [0.2, 0.25) is 0 Å². The zero-order valence-electron chi connectivity index (χ0n) is 11.8. The molecule has 0 aromatic heterocycles. The van der Waals surface area contributed by atoms with Gasteiger partial charge in [-0.2, -0.15) is 0 Å². The Bertz CT molecular complexity index is 469. The molecule has 1 aliphatic heterocycles. The van der Waals surface area contributed by atoms with Crippen LogP contribution < -0.4 is 5.73 Å². The smallest absolute Gasteiger partial charge is 0.239 e. The Labute approximate surface area is 119 Å². The third-order valence-corrected chi connectivity index (χ3v) is 3.67. The number of nitrogens with two attached hydrogens (primary N) is 1. The van der Waals surface area contributed by atoms with Gasteiger partial charge in [-0.1, -0.05) is 30.3 Å². The predicted octanol–water partition coefficient (Wildman–Crippen LogP) is 0.767. The Morgan fingerprint density at radius 2 is 1.85 bits per heavy atom. The highest BCUT2D eigenvalue weighted by Gasteiger charge is 2.26. The Kier molecular flexibility index (Phi) is 4.74. The predicted molar refractivity (Wildman–Crippen MR) is 76.8 cm³/mol. The van der Waals surface area contributed by atoms with E-state index in [0.29, 0.717) is 0 Å². The fourth-order valence-corrected chi connectivity index (χ4v) is 2.64. The normalized spacial score (nSPS) is 16.4. The molecule has 2 N–H and O–H groups in total. The molecule has 2 amide bonds. The largest absolute Gasteiger partial charge is 0.368 e. The number of carbonyl (C=O) groups is 2. The van der Waals surface area contributed by atoms with Crippen LogP contribution >= 0.6 is 0 Å². The molecule has 1 heterocycles. The summed E-state index contributed by atoms with van der Waals surface area (Å²) in [5, 5.41) is 0. The van der Waals surface area contributed by atoms with E-state index in [2.05, 4.69) is 0 Å². The van der Waals surface area contributed by atoms with Gasteiger partial charge in [0.1, 0.15) is 6.04 Å². The second kappa shape index (κ2) is 6.52. The van der Waals surface area contributed by atoms with Crippen molar-refractivity contribution in [1.82, 2.24) is 9.80 Å². The third-order valence-electron chi connectivity index (χ3n) is 3.67. The lowest BCUT2D eigenvalue weighted by Gasteiger charge is -2.27. The first-order chi connectivity index (χ1) is 9.59. The average Bonchev–Trinajstić information content (AvgIpc) is 2.93. The van der Waals surface area contributed by atoms with E-state index in [1.165, 1.54) is 0 Å². The van der Waals surface area contributed by atoms with Gasteiger partial charge in [-0.15, -0.1) is 0 Å². The number of benzene rings is 1. The summed E-state index contributed by atoms with van der Waals surface area (Å²) in [7, 11) is 1.76. The highest BCUT2D eigenvalue weighted by atomic mass is 16.2. The molecule has 0 saturated carbocycles. The summed E-state index contributed by atoms with van der Waals surface area (Å²) in [5.74, 6) is -0.375. The lowest BCUT2D eigenvalue weighted by Crippen LogP contribution is -2.42. The van der Waals surface area contributed by atoms with Gasteiger partial charge >= 0.3 is 0 Å². The van der Waals surface area contributed by atoms with Gasteiger partial charge in [-0.05, 0) is 25.5 Å². The highest BCUT2D eigenvalue weighted by Crippen LogP contribution is 2.19. The number of carbonyl (C=O) groups excluding carboxylic acids is 2. The van der Waals surface area contributed by atoms with Crippen LogP contribution in [0.4, 0.5) is 0 Å². The Morgan fingerprint density at radius 1 is 1.25 bits per heavy atom. The zero-order chi connectivity index (χ0) is 14.5. The Morgan fingerprint density at radius 3 is 2.40 bits per heavy atom. The van der Waals surface area contributed by atoms with Crippen LogP contribution in [0.15, 0.2) is 30.3 Å². The van der Waals surface area contributed by atoms with Crippen molar-refractivity contribution in [2.24, 2.45) is 5.73 Å². The molecule has 108 valence electrons. The first-order valence-corrected chi connectivity index (χ1v) is 6.92. The molecule has 1 fully saturated rings. The maximum Gasteiger partial charge on any atom is 0.239 e. The summed E-state index contributed by atoms with van der Waals surface area (Å²) >= 11 is 0. The van der Waals surface area contributed by atoms with Crippen LogP contribution in [0, 0.1) is 0 Å². The van der Waals surface area contributed by atoms with Crippen LogP contribution in [-0.2, 0) is 9.59 Å². The number of nitrogens with zero attached hydrogens (tertiary/aromatic N) is 2. The molecule has 20 heavy (non-hydrogen) atoms. The van der Waals surface area contributed by atoms with Gasteiger partial charge in [0.2, 0.25) is 11.8 Å². The fourth-order valence-electron chi connectivity index (χ4n) is 2.64. The van der Waals surface area contributed by atoms with Crippen LogP contribution in [0.3, 0.4) is 0 Å². The van der Waals surface area contributed by atoms with Gasteiger partial charge < -0.3 is 10.6 Å². The Balaban J connectivity index is 2.06. The van der Waals surface area contributed by atoms with E-state index in [1.807, 2.05) is 35.2 Å². The van der Waals surface area contributed by atoms with Crippen molar-refractivity contribution in [2.45, 2.75) is 18.9 Å². The van der Waals surface area contributed by atoms with Gasteiger partial charge in [0, 0.05) is 13.1 Å². The standard InChI is InChI=1S/C15H21N3O2/c1-17(11-13(19)18-9-5-6-10-18)14(15(16)20)12-7-3-2-4-8-12/h2-4,7-8,14H,5-6,9-11H2,1H3,(H2,16,20). The van der Waals surface area contributed by atoms with E-state index in [0.717, 1.165) is 31.5 Å². The number of hydrogen-bond donors (Lipinski definition) is 1. The molecule has 1 aliphatic rings. The van der Waals surface area contributed by atoms with Crippen molar-refractivity contribution in [3.63, 3.8) is 0 Å². The topological polar surface area (TPSA) is 66.6 Å². The second-order valence-electron chi connectivity index (χ2n) is 5.22. The van der Waals surface area contributed by atoms with Crippen LogP contribution in [0.1, 0.15) is 24.4 Å². The summed E-state index contributed by atoms with van der Waals surface area (Å²) in [5.41, 5.74) is 6.31. The number of rotatable bonds is 5. The molecule has 1 saturated heterocycles. The lowest BCUT2D eigenvalue weighted by atomic mass is 10.1. The molecule has 5 heteroatoms. The minimum absolute atomic E-state index is 0.0622. The number of primary amides is 1. The molecule has 0 spiro atoms. The Hall–Kier alpha value is -1.88. The van der Waals surface area contributed by atoms with Crippen molar-refractivity contribution < 1.29 is 9.59 Å². The summed E-state index contributed by atoms with van der Waals surface area (Å²) < 4.78 is 0. The first-order valence-electron chi connectivity index (χ1n) is 6.92. The third kappa shape index (κ3) is 3.36. The van der Waals surface area contributed by atoms with Crippen molar-refractivity contribution >= 4 is 11.8 Å². The van der Waals surface area contributed by atoms with Crippen LogP contribution in [-0.4, -0.2) is 48.3 Å². The van der Waals surface area contributed by atoms with E-state index in [4.69, 9.17) is 5.73 Å². The minimum Gasteiger partial charge on any atom is -0.368 e. The molecule has 1 atom stereocenters. The second-order valence-corrected chi connectivity index (χ2v) is 5.22. The molecule has 0 aliphatic carbocycles. The van der Waals surface area contributed by atoms with E-state index in [1.54, 1.807) is 11.9 Å². The van der Waals surface area contributed by atoms with Gasteiger partial charge in [-0.3, -0.25) is 14.5 Å². The van der Waals surface area contributed by atoms with Crippen molar-refractivity contribution in [3.05, 3.63) is 35.9 Å². The molecule has 1 aromatic rings. The zero-order valence-corrected chi connectivity index (χ0v) is 11.8. The molecule has 1 unspecified atom stereocenters. The van der Waals surface area contributed by atoms with E-state index < -0.39 is 11.9 Å². The van der Waals surface area contributed by atoms with Gasteiger partial charge in [-0.25, -0.2) is 0 Å². The van der Waals surface area contributed by atoms with Gasteiger partial charge in [0.15, 0.2) is 0 Å². The van der Waals surface area contributed by atoms with Crippen molar-refractivity contribution in [3.8, 4) is 0 Å². The van der Waals surface area contributed by atoms with E-state index in [9.17, 15) is 9.59 Å². The molecule has 5 nitrogen and oxygen atoms in total. The minimum atomic E-state index is -0.567. The van der Waals surface area contributed by atoms with Gasteiger partial charge in [0.25, 0.3) is 0 Å². The summed E-state index contributed by atoms with van der Waals surface area (Å²) in [4.78, 5) is 27.4. The maximum atomic E-state index is 12.1. The molecule has 2 rings (SSSR count). The summed E-state index contributed by atoms with van der Waals surface area (Å²) in [6, 6.07) is 8.75. The van der Waals surface area contributed by atoms with Gasteiger partial charge in [0.05, 0.1) is 6.54 Å². The van der Waals surface area contributed by atoms with Crippen molar-refractivity contribution in [1.29, 1.82) is 0 Å². The summed E-state index contributed by atoms with van der Waals surface area (Å²) in [6.45, 7) is 1.85. The van der Waals surface area contributed by atoms with Crippen LogP contribution in [0.25, 0.3) is 0 Å². The monoisotopic (exact) mass is 275 g/mol. The number of likely N-dealkylation sites (tertiary alicyclic amines) is 1. The highest BCUT2D eigenvalue weighted by molar-refractivity contribution is 5.83. The van der Waals surface area contributed by atoms with Crippen molar-refractivity contribution in [2.75, 3.05) is 26.7 Å². The van der Waals surface area contributed by atoms with Crippen LogP contribution in [0.5, 0.6) is 0 Å². The molecular weight excluding hydrogens is 254 g/mol. The molecular formula is C15H21N3O2. The fraction of sp³-hybridized carbons (Fsp3) is 0.467. The maximum absolute atomic E-state index is 12.1. The number of amides is 2. The number of hydrogen-bond acceptors (Lipinski definition) is 3. The molecule has 0 radical (unpaired) electrons. The SMILES string of the molecule is CN(CC(=O)N1CCCC1)C(C(N)=O)c1ccccc1. The van der Waals surface area contributed by atoms with E-state index in [-0.39, 0.29) is 12.5 Å². The molecule has 0 bridgehead atoms. The summed E-state index contributed by atoms with van der Waals surface area (Å²) in [6.07, 6.45) is 2.13. The molecule has 1 aromatic carbocycles. The van der Waals surface area contributed by atoms with E-state index >= 15 is 0 Å². The average molecular weight is 275 g/mol. The first kappa shape index (κ1) is 14.5. The number of likely N-dealkylation sites (N-methyl/N-ethyl adjacent to an activating group) is 1.